The van der Waals surface area contributed by atoms with E-state index in [9.17, 15) is 4.79 Å². The average Bonchev–Trinajstić information content (AvgIpc) is 2.94. The van der Waals surface area contributed by atoms with Crippen molar-refractivity contribution in [2.75, 3.05) is 66.6 Å². The van der Waals surface area contributed by atoms with Gasteiger partial charge in [-0.15, -0.1) is 0 Å². The molecule has 11 heteroatoms. The maximum atomic E-state index is 12.9. The number of nitrogens with one attached hydrogen (secondary N) is 1. The molecule has 4 rings (SSSR count). The number of carbonyl (C=O) groups excluding carboxylic acids is 1. The minimum absolute atomic E-state index is 0.137. The van der Waals surface area contributed by atoms with Crippen LogP contribution in [0.15, 0.2) is 30.6 Å². The second-order valence-corrected chi connectivity index (χ2v) is 8.09. The van der Waals surface area contributed by atoms with Gasteiger partial charge < -0.3 is 38.8 Å². The van der Waals surface area contributed by atoms with Crippen LogP contribution in [0.3, 0.4) is 0 Å². The third-order valence-corrected chi connectivity index (χ3v) is 6.15. The maximum absolute atomic E-state index is 12.9. The number of fused-ring (bicyclic) bond motifs is 1. The number of amides is 2. The van der Waals surface area contributed by atoms with E-state index in [0.29, 0.717) is 61.5 Å². The smallest absolute Gasteiger partial charge is 0.317 e. The van der Waals surface area contributed by atoms with Crippen LogP contribution in [0.2, 0.25) is 0 Å². The Morgan fingerprint density at radius 1 is 0.806 bits per heavy atom. The van der Waals surface area contributed by atoms with Gasteiger partial charge in [0.1, 0.15) is 12.1 Å². The molecule has 2 amide bonds. The van der Waals surface area contributed by atoms with Crippen molar-refractivity contribution in [3.63, 3.8) is 0 Å². The quantitative estimate of drug-likeness (QED) is 0.503. The highest BCUT2D eigenvalue weighted by Gasteiger charge is 2.24. The van der Waals surface area contributed by atoms with Gasteiger partial charge in [-0.3, -0.25) is 0 Å². The maximum Gasteiger partial charge on any atom is 0.317 e. The molecule has 0 radical (unpaired) electrons. The molecule has 1 aromatic heterocycles. The van der Waals surface area contributed by atoms with Crippen LogP contribution in [0.25, 0.3) is 10.9 Å². The number of benzene rings is 2. The van der Waals surface area contributed by atoms with Gasteiger partial charge in [0.15, 0.2) is 23.0 Å². The number of nitrogens with zero attached hydrogens (tertiary/aromatic N) is 4. The second kappa shape index (κ2) is 11.1. The van der Waals surface area contributed by atoms with Crippen LogP contribution in [0.1, 0.15) is 5.56 Å². The zero-order chi connectivity index (χ0) is 25.7. The normalized spacial score (nSPS) is 13.4. The summed E-state index contributed by atoms with van der Waals surface area (Å²) < 4.78 is 27.0. The summed E-state index contributed by atoms with van der Waals surface area (Å²) in [6.45, 7) is 2.71. The van der Waals surface area contributed by atoms with Gasteiger partial charge in [0.05, 0.1) is 41.1 Å². The third kappa shape index (κ3) is 4.95. The topological polar surface area (TPSA) is 108 Å². The number of methoxy groups -OCH3 is 5. The fourth-order valence-electron chi connectivity index (χ4n) is 4.27. The molecule has 1 N–H and O–H groups in total. The number of urea groups is 1. The summed E-state index contributed by atoms with van der Waals surface area (Å²) in [5.74, 6) is 3.63. The highest BCUT2D eigenvalue weighted by molar-refractivity contribution is 5.92. The number of ether oxygens (including phenoxy) is 5. The van der Waals surface area contributed by atoms with Gasteiger partial charge in [-0.05, 0) is 23.8 Å². The Morgan fingerprint density at radius 2 is 1.42 bits per heavy atom. The monoisotopic (exact) mass is 497 g/mol. The SMILES string of the molecule is COc1cc2ncnc(N3CCN(C(=O)NCc4cc(OC)c(OC)c(OC)c4)CC3)c2cc1OC. The van der Waals surface area contributed by atoms with Crippen LogP contribution in [0, 0.1) is 0 Å². The van der Waals surface area contributed by atoms with E-state index in [-0.39, 0.29) is 6.03 Å². The Labute approximate surface area is 209 Å². The van der Waals surface area contributed by atoms with Crippen LogP contribution < -0.4 is 33.9 Å². The number of aromatic nitrogens is 2. The van der Waals surface area contributed by atoms with Crippen molar-refractivity contribution in [2.24, 2.45) is 0 Å². The van der Waals surface area contributed by atoms with Crippen LogP contribution >= 0.6 is 0 Å². The number of anilines is 1. The zero-order valence-electron chi connectivity index (χ0n) is 21.2. The van der Waals surface area contributed by atoms with Crippen molar-refractivity contribution in [2.45, 2.75) is 6.54 Å². The Hall–Kier alpha value is -4.15. The van der Waals surface area contributed by atoms with Gasteiger partial charge in [0, 0.05) is 44.2 Å². The van der Waals surface area contributed by atoms with E-state index >= 15 is 0 Å². The summed E-state index contributed by atoms with van der Waals surface area (Å²) in [5, 5.41) is 3.85. The van der Waals surface area contributed by atoms with Crippen molar-refractivity contribution < 1.29 is 28.5 Å². The Morgan fingerprint density at radius 3 is 2.00 bits per heavy atom. The minimum Gasteiger partial charge on any atom is -0.493 e. The molecule has 36 heavy (non-hydrogen) atoms. The minimum atomic E-state index is -0.137. The van der Waals surface area contributed by atoms with Gasteiger partial charge in [-0.1, -0.05) is 0 Å². The molecule has 0 bridgehead atoms. The first kappa shape index (κ1) is 25.0. The molecule has 2 aromatic carbocycles. The van der Waals surface area contributed by atoms with E-state index in [0.717, 1.165) is 22.3 Å². The summed E-state index contributed by atoms with van der Waals surface area (Å²) in [6.07, 6.45) is 1.54. The molecule has 1 aliphatic heterocycles. The van der Waals surface area contributed by atoms with Crippen LogP contribution in [0.4, 0.5) is 10.6 Å². The fourth-order valence-corrected chi connectivity index (χ4v) is 4.27. The van der Waals surface area contributed by atoms with E-state index in [1.54, 1.807) is 46.8 Å². The summed E-state index contributed by atoms with van der Waals surface area (Å²) in [6, 6.07) is 7.24. The molecule has 0 spiro atoms. The zero-order valence-corrected chi connectivity index (χ0v) is 21.2. The summed E-state index contributed by atoms with van der Waals surface area (Å²) >= 11 is 0. The molecule has 1 fully saturated rings. The largest absolute Gasteiger partial charge is 0.493 e. The van der Waals surface area contributed by atoms with E-state index < -0.39 is 0 Å². The first-order valence-electron chi connectivity index (χ1n) is 11.5. The van der Waals surface area contributed by atoms with Gasteiger partial charge in [-0.25, -0.2) is 14.8 Å². The Bertz CT molecular complexity index is 1200. The number of rotatable bonds is 8. The van der Waals surface area contributed by atoms with E-state index in [2.05, 4.69) is 20.2 Å². The number of piperazine rings is 1. The third-order valence-electron chi connectivity index (χ3n) is 6.15. The lowest BCUT2D eigenvalue weighted by atomic mass is 10.1. The fraction of sp³-hybridized carbons (Fsp3) is 0.400. The van der Waals surface area contributed by atoms with Crippen molar-refractivity contribution in [1.29, 1.82) is 0 Å². The molecule has 3 aromatic rings. The lowest BCUT2D eigenvalue weighted by Crippen LogP contribution is -2.52. The molecule has 0 saturated carbocycles. The predicted octanol–water partition coefficient (Wildman–Crippen LogP) is 2.70. The Balaban J connectivity index is 1.41. The van der Waals surface area contributed by atoms with Crippen LogP contribution in [-0.4, -0.2) is 82.6 Å². The molecule has 1 aliphatic rings. The van der Waals surface area contributed by atoms with Crippen molar-refractivity contribution >= 4 is 22.8 Å². The lowest BCUT2D eigenvalue weighted by molar-refractivity contribution is 0.194. The number of carbonyl (C=O) groups is 1. The van der Waals surface area contributed by atoms with Crippen molar-refractivity contribution in [3.8, 4) is 28.7 Å². The highest BCUT2D eigenvalue weighted by atomic mass is 16.5. The molecule has 192 valence electrons. The lowest BCUT2D eigenvalue weighted by Gasteiger charge is -2.35. The van der Waals surface area contributed by atoms with Gasteiger partial charge in [0.25, 0.3) is 0 Å². The first-order chi connectivity index (χ1) is 17.5. The molecule has 1 saturated heterocycles. The molecule has 2 heterocycles. The van der Waals surface area contributed by atoms with Gasteiger partial charge in [-0.2, -0.15) is 0 Å². The van der Waals surface area contributed by atoms with E-state index in [1.165, 1.54) is 0 Å². The predicted molar refractivity (Wildman–Crippen MR) is 135 cm³/mol. The van der Waals surface area contributed by atoms with Crippen molar-refractivity contribution in [1.82, 2.24) is 20.2 Å². The average molecular weight is 498 g/mol. The summed E-state index contributed by atoms with van der Waals surface area (Å²) in [5.41, 5.74) is 1.61. The Kier molecular flexibility index (Phi) is 7.67. The van der Waals surface area contributed by atoms with Crippen LogP contribution in [0.5, 0.6) is 28.7 Å². The molecular formula is C25H31N5O6. The van der Waals surface area contributed by atoms with E-state index in [1.807, 2.05) is 24.3 Å². The summed E-state index contributed by atoms with van der Waals surface area (Å²) in [4.78, 5) is 25.7. The number of hydrogen-bond acceptors (Lipinski definition) is 9. The molecule has 0 unspecified atom stereocenters. The highest BCUT2D eigenvalue weighted by Crippen LogP contribution is 2.38. The van der Waals surface area contributed by atoms with Crippen LogP contribution in [-0.2, 0) is 6.54 Å². The molecule has 11 nitrogen and oxygen atoms in total. The van der Waals surface area contributed by atoms with Gasteiger partial charge in [0.2, 0.25) is 5.75 Å². The van der Waals surface area contributed by atoms with E-state index in [4.69, 9.17) is 23.7 Å². The number of hydrogen-bond donors (Lipinski definition) is 1. The molecule has 0 atom stereocenters. The summed E-state index contributed by atoms with van der Waals surface area (Å²) in [7, 11) is 7.87. The standard InChI is InChI=1S/C25H31N5O6/c1-32-19-12-17-18(13-20(19)33-2)27-15-28-24(17)29-6-8-30(9-7-29)25(31)26-14-16-10-21(34-3)23(36-5)22(11-16)35-4/h10-13,15H,6-9,14H2,1-5H3,(H,26,31). The van der Waals surface area contributed by atoms with Gasteiger partial charge >= 0.3 is 6.03 Å². The molecular weight excluding hydrogens is 466 g/mol. The molecule has 0 aliphatic carbocycles. The first-order valence-corrected chi connectivity index (χ1v) is 11.5. The second-order valence-electron chi connectivity index (χ2n) is 8.09. The van der Waals surface area contributed by atoms with Crippen molar-refractivity contribution in [3.05, 3.63) is 36.2 Å².